The fourth-order valence-electron chi connectivity index (χ4n) is 4.13. The van der Waals surface area contributed by atoms with Crippen molar-refractivity contribution >= 4 is 5.91 Å². The van der Waals surface area contributed by atoms with Crippen LogP contribution in [-0.2, 0) is 11.2 Å². The van der Waals surface area contributed by atoms with E-state index < -0.39 is 0 Å². The van der Waals surface area contributed by atoms with E-state index in [-0.39, 0.29) is 5.91 Å². The summed E-state index contributed by atoms with van der Waals surface area (Å²) in [6.07, 6.45) is 7.10. The third kappa shape index (κ3) is 5.82. The van der Waals surface area contributed by atoms with E-state index in [2.05, 4.69) is 47.6 Å². The molecule has 1 aliphatic rings. The molecular weight excluding hydrogens is 384 g/mol. The zero-order chi connectivity index (χ0) is 21.5. The highest BCUT2D eigenvalue weighted by Crippen LogP contribution is 2.25. The molecule has 5 heteroatoms. The molecule has 31 heavy (non-hydrogen) atoms. The summed E-state index contributed by atoms with van der Waals surface area (Å²) < 4.78 is 1.92. The van der Waals surface area contributed by atoms with Crippen molar-refractivity contribution in [1.29, 1.82) is 0 Å². The number of benzene rings is 2. The fourth-order valence-corrected chi connectivity index (χ4v) is 4.13. The van der Waals surface area contributed by atoms with Crippen LogP contribution in [0.25, 0.3) is 16.9 Å². The Hall–Kier alpha value is -2.92. The minimum absolute atomic E-state index is 0.110. The van der Waals surface area contributed by atoms with Crippen LogP contribution in [0.15, 0.2) is 60.8 Å². The van der Waals surface area contributed by atoms with Gasteiger partial charge in [-0.2, -0.15) is 5.10 Å². The molecule has 0 spiro atoms. The SMILES string of the molecule is Cc1ccc(-c2nn(-c3ccccc3)cc2CCC(=O)NCCN2CCCCC2)cc1. The molecule has 2 heterocycles. The lowest BCUT2D eigenvalue weighted by molar-refractivity contribution is -0.121. The van der Waals surface area contributed by atoms with Gasteiger partial charge in [-0.3, -0.25) is 4.79 Å². The summed E-state index contributed by atoms with van der Waals surface area (Å²) in [7, 11) is 0. The fraction of sp³-hybridized carbons (Fsp3) is 0.385. The third-order valence-electron chi connectivity index (χ3n) is 5.96. The molecule has 1 aromatic heterocycles. The van der Waals surface area contributed by atoms with Gasteiger partial charge in [0.1, 0.15) is 0 Å². The van der Waals surface area contributed by atoms with Crippen molar-refractivity contribution in [3.8, 4) is 16.9 Å². The second-order valence-corrected chi connectivity index (χ2v) is 8.40. The van der Waals surface area contributed by atoms with Crippen LogP contribution in [0.3, 0.4) is 0 Å². The Morgan fingerprint density at radius 2 is 1.74 bits per heavy atom. The number of hydrogen-bond acceptors (Lipinski definition) is 3. The Bertz CT molecular complexity index is 972. The van der Waals surface area contributed by atoms with Gasteiger partial charge >= 0.3 is 0 Å². The molecule has 5 nitrogen and oxygen atoms in total. The number of nitrogens with zero attached hydrogens (tertiary/aromatic N) is 3. The van der Waals surface area contributed by atoms with Crippen molar-refractivity contribution < 1.29 is 4.79 Å². The van der Waals surface area contributed by atoms with Crippen molar-refractivity contribution in [2.24, 2.45) is 0 Å². The number of rotatable bonds is 8. The zero-order valence-electron chi connectivity index (χ0n) is 18.4. The van der Waals surface area contributed by atoms with Crippen LogP contribution in [0.4, 0.5) is 0 Å². The van der Waals surface area contributed by atoms with Crippen molar-refractivity contribution in [1.82, 2.24) is 20.0 Å². The van der Waals surface area contributed by atoms with Gasteiger partial charge in [0.25, 0.3) is 0 Å². The van der Waals surface area contributed by atoms with Crippen LogP contribution >= 0.6 is 0 Å². The monoisotopic (exact) mass is 416 g/mol. The van der Waals surface area contributed by atoms with E-state index in [1.807, 2.05) is 35.0 Å². The van der Waals surface area contributed by atoms with E-state index >= 15 is 0 Å². The summed E-state index contributed by atoms with van der Waals surface area (Å²) >= 11 is 0. The molecular formula is C26H32N4O. The van der Waals surface area contributed by atoms with E-state index in [9.17, 15) is 4.79 Å². The molecule has 1 fully saturated rings. The van der Waals surface area contributed by atoms with Gasteiger partial charge in [-0.15, -0.1) is 0 Å². The van der Waals surface area contributed by atoms with E-state index in [1.54, 1.807) is 0 Å². The standard InChI is InChI=1S/C26H32N4O/c1-21-10-12-22(13-11-21)26-23(20-30(28-26)24-8-4-2-5-9-24)14-15-25(31)27-16-19-29-17-6-3-7-18-29/h2,4-5,8-13,20H,3,6-7,14-19H2,1H3,(H,27,31). The quantitative estimate of drug-likeness (QED) is 0.593. The highest BCUT2D eigenvalue weighted by Gasteiger charge is 2.14. The molecule has 162 valence electrons. The molecule has 4 rings (SSSR count). The van der Waals surface area contributed by atoms with Gasteiger partial charge in [0, 0.05) is 31.3 Å². The number of aromatic nitrogens is 2. The molecule has 1 N–H and O–H groups in total. The van der Waals surface area contributed by atoms with Crippen LogP contribution in [0, 0.1) is 6.92 Å². The Kier molecular flexibility index (Phi) is 7.15. The van der Waals surface area contributed by atoms with Crippen LogP contribution in [0.5, 0.6) is 0 Å². The minimum Gasteiger partial charge on any atom is -0.355 e. The Morgan fingerprint density at radius 1 is 1.00 bits per heavy atom. The second kappa shape index (κ2) is 10.4. The maximum absolute atomic E-state index is 12.5. The predicted molar refractivity (Wildman–Crippen MR) is 125 cm³/mol. The lowest BCUT2D eigenvalue weighted by Gasteiger charge is -2.26. The number of piperidine rings is 1. The summed E-state index contributed by atoms with van der Waals surface area (Å²) in [4.78, 5) is 14.9. The van der Waals surface area contributed by atoms with E-state index in [0.29, 0.717) is 12.8 Å². The Labute approximate surface area is 185 Å². The number of para-hydroxylation sites is 1. The van der Waals surface area contributed by atoms with Gasteiger partial charge in [-0.25, -0.2) is 4.68 Å². The first kappa shape index (κ1) is 21.3. The van der Waals surface area contributed by atoms with Crippen LogP contribution < -0.4 is 5.32 Å². The summed E-state index contributed by atoms with van der Waals surface area (Å²) in [6.45, 7) is 6.09. The van der Waals surface area contributed by atoms with E-state index in [1.165, 1.54) is 24.8 Å². The van der Waals surface area contributed by atoms with Crippen LogP contribution in [0.1, 0.15) is 36.8 Å². The molecule has 1 amide bonds. The van der Waals surface area contributed by atoms with E-state index in [4.69, 9.17) is 5.10 Å². The Morgan fingerprint density at radius 3 is 2.48 bits per heavy atom. The van der Waals surface area contributed by atoms with E-state index in [0.717, 1.165) is 48.7 Å². The number of carbonyl (C=O) groups is 1. The summed E-state index contributed by atoms with van der Waals surface area (Å²) in [5.41, 5.74) is 5.37. The predicted octanol–water partition coefficient (Wildman–Crippen LogP) is 4.38. The molecule has 0 unspecified atom stereocenters. The van der Waals surface area contributed by atoms with Gasteiger partial charge < -0.3 is 10.2 Å². The molecule has 0 atom stereocenters. The number of hydrogen-bond donors (Lipinski definition) is 1. The van der Waals surface area contributed by atoms with Gasteiger partial charge in [-0.1, -0.05) is 54.4 Å². The van der Waals surface area contributed by atoms with Crippen molar-refractivity contribution in [2.75, 3.05) is 26.2 Å². The molecule has 0 aliphatic carbocycles. The van der Waals surface area contributed by atoms with Crippen LogP contribution in [-0.4, -0.2) is 46.8 Å². The number of likely N-dealkylation sites (tertiary alicyclic amines) is 1. The number of amides is 1. The van der Waals surface area contributed by atoms with Gasteiger partial charge in [0.15, 0.2) is 0 Å². The average Bonchev–Trinajstić information content (AvgIpc) is 3.24. The first-order valence-electron chi connectivity index (χ1n) is 11.4. The lowest BCUT2D eigenvalue weighted by atomic mass is 10.0. The maximum atomic E-state index is 12.5. The molecule has 2 aromatic carbocycles. The molecule has 1 aliphatic heterocycles. The molecule has 0 bridgehead atoms. The van der Waals surface area contributed by atoms with Crippen LogP contribution in [0.2, 0.25) is 0 Å². The highest BCUT2D eigenvalue weighted by atomic mass is 16.1. The smallest absolute Gasteiger partial charge is 0.220 e. The first-order chi connectivity index (χ1) is 15.2. The lowest BCUT2D eigenvalue weighted by Crippen LogP contribution is -2.37. The molecule has 0 saturated carbocycles. The van der Waals surface area contributed by atoms with Crippen molar-refractivity contribution in [3.63, 3.8) is 0 Å². The first-order valence-corrected chi connectivity index (χ1v) is 11.4. The topological polar surface area (TPSA) is 50.2 Å². The number of nitrogens with one attached hydrogen (secondary N) is 1. The number of aryl methyl sites for hydroxylation is 2. The van der Waals surface area contributed by atoms with Gasteiger partial charge in [-0.05, 0) is 57.0 Å². The van der Waals surface area contributed by atoms with Gasteiger partial charge in [0.2, 0.25) is 5.91 Å². The largest absolute Gasteiger partial charge is 0.355 e. The molecule has 1 saturated heterocycles. The maximum Gasteiger partial charge on any atom is 0.220 e. The Balaban J connectivity index is 1.41. The van der Waals surface area contributed by atoms with Gasteiger partial charge in [0.05, 0.1) is 11.4 Å². The summed E-state index contributed by atoms with van der Waals surface area (Å²) in [5, 5.41) is 7.96. The van der Waals surface area contributed by atoms with Crippen molar-refractivity contribution in [3.05, 3.63) is 71.9 Å². The third-order valence-corrected chi connectivity index (χ3v) is 5.96. The normalized spacial score (nSPS) is 14.5. The summed E-state index contributed by atoms with van der Waals surface area (Å²) in [6, 6.07) is 18.5. The molecule has 0 radical (unpaired) electrons. The van der Waals surface area contributed by atoms with Crippen molar-refractivity contribution in [2.45, 2.75) is 39.0 Å². The average molecular weight is 417 g/mol. The molecule has 3 aromatic rings. The minimum atomic E-state index is 0.110. The summed E-state index contributed by atoms with van der Waals surface area (Å²) in [5.74, 6) is 0.110. The zero-order valence-corrected chi connectivity index (χ0v) is 18.4. The second-order valence-electron chi connectivity index (χ2n) is 8.40. The highest BCUT2D eigenvalue weighted by molar-refractivity contribution is 5.76. The number of carbonyl (C=O) groups excluding carboxylic acids is 1.